The third-order valence-electron chi connectivity index (χ3n) is 6.00. The Balaban J connectivity index is 1.87. The molecule has 1 fully saturated rings. The molecule has 0 aliphatic carbocycles. The fraction of sp³-hybridized carbons (Fsp3) is 0.308. The van der Waals surface area contributed by atoms with E-state index in [1.165, 1.54) is 0 Å². The number of hydrogen-bond acceptors (Lipinski definition) is 4. The Morgan fingerprint density at radius 3 is 1.68 bits per heavy atom. The third kappa shape index (κ3) is 3.95. The topological polar surface area (TPSA) is 47.9 Å². The molecule has 1 N–H and O–H groups in total. The van der Waals surface area contributed by atoms with Crippen molar-refractivity contribution in [1.82, 2.24) is 0 Å². The van der Waals surface area contributed by atoms with Crippen molar-refractivity contribution in [3.05, 3.63) is 108 Å². The van der Waals surface area contributed by atoms with E-state index in [0.29, 0.717) is 6.61 Å². The molecule has 3 aromatic carbocycles. The van der Waals surface area contributed by atoms with Crippen LogP contribution in [0.5, 0.6) is 0 Å². The van der Waals surface area contributed by atoms with Gasteiger partial charge in [-0.2, -0.15) is 0 Å². The summed E-state index contributed by atoms with van der Waals surface area (Å²) in [6, 6.07) is 30.4. The first-order chi connectivity index (χ1) is 14.9. The number of aliphatic hydroxyl groups is 1. The first kappa shape index (κ1) is 21.8. The van der Waals surface area contributed by atoms with Crippen LogP contribution in [0.1, 0.15) is 37.5 Å². The predicted molar refractivity (Wildman–Crippen MR) is 122 cm³/mol. The van der Waals surface area contributed by atoms with Crippen molar-refractivity contribution in [3.8, 4) is 0 Å². The fourth-order valence-electron chi connectivity index (χ4n) is 4.19. The summed E-state index contributed by atoms with van der Waals surface area (Å²) < 4.78 is 19.3. The Morgan fingerprint density at radius 2 is 1.23 bits per heavy atom. The zero-order valence-electron chi connectivity index (χ0n) is 18.3. The lowest BCUT2D eigenvalue weighted by Gasteiger charge is -2.43. The molecule has 4 nitrogen and oxygen atoms in total. The van der Waals surface area contributed by atoms with Crippen molar-refractivity contribution in [2.75, 3.05) is 13.2 Å². The molecular formula is C26H29BO4. The van der Waals surface area contributed by atoms with Gasteiger partial charge in [0.2, 0.25) is 0 Å². The van der Waals surface area contributed by atoms with Crippen molar-refractivity contribution in [1.29, 1.82) is 0 Å². The minimum Gasteiger partial charge on any atom is -0.396 e. The van der Waals surface area contributed by atoms with Crippen LogP contribution < -0.4 is 0 Å². The third-order valence-corrected chi connectivity index (χ3v) is 6.00. The average Bonchev–Trinajstić information content (AvgIpc) is 3.14. The van der Waals surface area contributed by atoms with Crippen molar-refractivity contribution in [2.45, 2.75) is 32.0 Å². The van der Waals surface area contributed by atoms with Crippen LogP contribution in [0.15, 0.2) is 91.0 Å². The van der Waals surface area contributed by atoms with E-state index in [1.54, 1.807) is 0 Å². The summed E-state index contributed by atoms with van der Waals surface area (Å²) in [5.74, 6) is 0. The van der Waals surface area contributed by atoms with E-state index in [0.717, 1.165) is 16.7 Å². The van der Waals surface area contributed by atoms with E-state index in [9.17, 15) is 5.11 Å². The zero-order chi connectivity index (χ0) is 22.0. The quantitative estimate of drug-likeness (QED) is 0.556. The molecule has 3 aromatic rings. The van der Waals surface area contributed by atoms with E-state index in [1.807, 2.05) is 68.4 Å². The van der Waals surface area contributed by atoms with Gasteiger partial charge >= 0.3 is 7.32 Å². The van der Waals surface area contributed by atoms with Crippen molar-refractivity contribution in [3.63, 3.8) is 0 Å². The normalized spacial score (nSPS) is 20.7. The van der Waals surface area contributed by atoms with Crippen LogP contribution in [0.4, 0.5) is 0 Å². The number of hydrogen-bond donors (Lipinski definition) is 1. The molecule has 0 spiro atoms. The Labute approximate surface area is 185 Å². The lowest BCUT2D eigenvalue weighted by molar-refractivity contribution is -0.0147. The molecule has 1 saturated heterocycles. The van der Waals surface area contributed by atoms with Crippen molar-refractivity contribution < 1.29 is 19.1 Å². The molecule has 1 heterocycles. The van der Waals surface area contributed by atoms with Crippen molar-refractivity contribution >= 4 is 7.32 Å². The summed E-state index contributed by atoms with van der Waals surface area (Å²) in [5, 5.41) is 9.65. The highest BCUT2D eigenvalue weighted by Crippen LogP contribution is 2.55. The van der Waals surface area contributed by atoms with Crippen LogP contribution in [0.25, 0.3) is 0 Å². The molecule has 4 rings (SSSR count). The second-order valence-electron chi connectivity index (χ2n) is 8.97. The van der Waals surface area contributed by atoms with Gasteiger partial charge in [0.25, 0.3) is 0 Å². The first-order valence-corrected chi connectivity index (χ1v) is 10.7. The molecule has 31 heavy (non-hydrogen) atoms. The minimum absolute atomic E-state index is 0.0121. The molecule has 0 radical (unpaired) electrons. The molecule has 1 unspecified atom stereocenters. The molecule has 0 saturated carbocycles. The molecular weight excluding hydrogens is 387 g/mol. The van der Waals surface area contributed by atoms with Crippen LogP contribution in [0, 0.1) is 5.41 Å². The molecule has 1 aliphatic rings. The molecule has 1 aliphatic heterocycles. The Morgan fingerprint density at radius 1 is 0.774 bits per heavy atom. The highest BCUT2D eigenvalue weighted by Gasteiger charge is 2.63. The van der Waals surface area contributed by atoms with Crippen LogP contribution in [0.3, 0.4) is 0 Å². The van der Waals surface area contributed by atoms with Gasteiger partial charge in [-0.25, -0.2) is 0 Å². The van der Waals surface area contributed by atoms with E-state index in [4.69, 9.17) is 14.0 Å². The lowest BCUT2D eigenvalue weighted by Crippen LogP contribution is -2.45. The maximum Gasteiger partial charge on any atom is 0.641 e. The van der Waals surface area contributed by atoms with Gasteiger partial charge in [0.15, 0.2) is 0 Å². The molecule has 0 bridgehead atoms. The van der Waals surface area contributed by atoms with Crippen LogP contribution in [0.2, 0.25) is 0 Å². The monoisotopic (exact) mass is 416 g/mol. The van der Waals surface area contributed by atoms with Crippen LogP contribution in [-0.2, 0) is 25.2 Å². The minimum atomic E-state index is -0.926. The summed E-state index contributed by atoms with van der Waals surface area (Å²) in [6.07, 6.45) is 0. The Bertz CT molecular complexity index is 939. The number of aliphatic hydroxyl groups excluding tert-OH is 1. The smallest absolute Gasteiger partial charge is 0.396 e. The van der Waals surface area contributed by atoms with Gasteiger partial charge in [-0.15, -0.1) is 0 Å². The average molecular weight is 416 g/mol. The SMILES string of the molecule is CC(C)(CO)COB1OC(C)(c2ccccc2)C(c2ccccc2)(c2ccccc2)O1. The second-order valence-corrected chi connectivity index (χ2v) is 8.97. The summed E-state index contributed by atoms with van der Waals surface area (Å²) in [7, 11) is -0.892. The summed E-state index contributed by atoms with van der Waals surface area (Å²) >= 11 is 0. The maximum absolute atomic E-state index is 9.65. The van der Waals surface area contributed by atoms with Gasteiger partial charge < -0.3 is 19.1 Å². The second kappa shape index (κ2) is 8.60. The maximum atomic E-state index is 9.65. The van der Waals surface area contributed by atoms with E-state index >= 15 is 0 Å². The highest BCUT2D eigenvalue weighted by atomic mass is 16.8. The van der Waals surface area contributed by atoms with Crippen LogP contribution in [-0.4, -0.2) is 25.6 Å². The highest BCUT2D eigenvalue weighted by molar-refractivity contribution is 6.37. The number of benzene rings is 3. The standard InChI is InChI=1S/C26H29BO4/c1-24(2,19-28)20-29-27-30-25(3,21-13-7-4-8-14-21)26(31-27,22-15-9-5-10-16-22)23-17-11-6-12-18-23/h4-18,28H,19-20H2,1-3H3. The van der Waals surface area contributed by atoms with Gasteiger partial charge in [0.05, 0.1) is 6.61 Å². The molecule has 1 atom stereocenters. The molecule has 0 amide bonds. The molecule has 0 aromatic heterocycles. The predicted octanol–water partition coefficient (Wildman–Crippen LogP) is 4.91. The first-order valence-electron chi connectivity index (χ1n) is 10.7. The summed E-state index contributed by atoms with van der Waals surface area (Å²) in [5.41, 5.74) is 0.784. The van der Waals surface area contributed by atoms with Gasteiger partial charge in [-0.1, -0.05) is 105 Å². The fourth-order valence-corrected chi connectivity index (χ4v) is 4.19. The van der Waals surface area contributed by atoms with Gasteiger partial charge in [0, 0.05) is 12.0 Å². The Hall–Kier alpha value is -2.44. The summed E-state index contributed by atoms with van der Waals surface area (Å²) in [6.45, 7) is 6.26. The number of rotatable bonds is 7. The molecule has 160 valence electrons. The van der Waals surface area contributed by atoms with Gasteiger partial charge in [0.1, 0.15) is 11.2 Å². The largest absolute Gasteiger partial charge is 0.641 e. The van der Waals surface area contributed by atoms with Crippen LogP contribution >= 0.6 is 0 Å². The zero-order valence-corrected chi connectivity index (χ0v) is 18.3. The van der Waals surface area contributed by atoms with Crippen molar-refractivity contribution in [2.24, 2.45) is 5.41 Å². The van der Waals surface area contributed by atoms with E-state index in [-0.39, 0.29) is 6.61 Å². The lowest BCUT2D eigenvalue weighted by atomic mass is 9.70. The van der Waals surface area contributed by atoms with E-state index in [2.05, 4.69) is 43.3 Å². The van der Waals surface area contributed by atoms with Gasteiger partial charge in [-0.3, -0.25) is 0 Å². The van der Waals surface area contributed by atoms with Gasteiger partial charge in [-0.05, 0) is 23.6 Å². The van der Waals surface area contributed by atoms with E-state index < -0.39 is 23.9 Å². The molecule has 5 heteroatoms. The Kier molecular flexibility index (Phi) is 6.04. The summed E-state index contributed by atoms with van der Waals surface area (Å²) in [4.78, 5) is 0.